The topological polar surface area (TPSA) is 34.0 Å². The second-order valence-corrected chi connectivity index (χ2v) is 7.02. The van der Waals surface area contributed by atoms with Gasteiger partial charge in [0.05, 0.1) is 11.6 Å². The summed E-state index contributed by atoms with van der Waals surface area (Å²) in [5.41, 5.74) is 3.46. The molecule has 2 atom stereocenters. The van der Waals surface area contributed by atoms with Gasteiger partial charge in [0.2, 0.25) is 0 Å². The van der Waals surface area contributed by atoms with E-state index in [1.165, 1.54) is 35.8 Å². The Bertz CT molecular complexity index is 865. The van der Waals surface area contributed by atoms with E-state index in [2.05, 4.69) is 59.9 Å². The lowest BCUT2D eigenvalue weighted by atomic mass is 10.0. The molecule has 24 heavy (non-hydrogen) atoms. The molecule has 4 rings (SSSR count). The number of nitrogens with zero attached hydrogens (tertiary/aromatic N) is 4. The van der Waals surface area contributed by atoms with Gasteiger partial charge in [-0.15, -0.1) is 0 Å². The van der Waals surface area contributed by atoms with Crippen molar-refractivity contribution in [3.63, 3.8) is 0 Å². The van der Waals surface area contributed by atoms with Crippen LogP contribution < -0.4 is 0 Å². The highest BCUT2D eigenvalue weighted by Crippen LogP contribution is 2.37. The van der Waals surface area contributed by atoms with Crippen molar-refractivity contribution in [2.45, 2.75) is 38.3 Å². The van der Waals surface area contributed by atoms with E-state index >= 15 is 0 Å². The first-order valence-corrected chi connectivity index (χ1v) is 8.71. The quantitative estimate of drug-likeness (QED) is 0.730. The second kappa shape index (κ2) is 6.02. The van der Waals surface area contributed by atoms with E-state index < -0.39 is 0 Å². The Morgan fingerprint density at radius 1 is 1.08 bits per heavy atom. The third-order valence-corrected chi connectivity index (χ3v) is 5.35. The Morgan fingerprint density at radius 2 is 1.96 bits per heavy atom. The first kappa shape index (κ1) is 15.3. The Balaban J connectivity index is 1.86. The Labute approximate surface area is 143 Å². The molecule has 0 radical (unpaired) electrons. The minimum absolute atomic E-state index is 0.491. The third-order valence-electron chi connectivity index (χ3n) is 5.35. The van der Waals surface area contributed by atoms with Crippen LogP contribution in [0.25, 0.3) is 22.3 Å². The van der Waals surface area contributed by atoms with Gasteiger partial charge in [0.25, 0.3) is 0 Å². The predicted octanol–water partition coefficient (Wildman–Crippen LogP) is 4.06. The number of pyridine rings is 1. The number of hydrogen-bond acceptors (Lipinski definition) is 3. The Morgan fingerprint density at radius 3 is 2.79 bits per heavy atom. The van der Waals surface area contributed by atoms with Crippen molar-refractivity contribution in [3.8, 4) is 11.4 Å². The summed E-state index contributed by atoms with van der Waals surface area (Å²) >= 11 is 0. The van der Waals surface area contributed by atoms with Crippen molar-refractivity contribution in [2.75, 3.05) is 14.1 Å². The van der Waals surface area contributed by atoms with E-state index in [0.29, 0.717) is 12.1 Å². The lowest BCUT2D eigenvalue weighted by Gasteiger charge is -2.28. The van der Waals surface area contributed by atoms with Crippen LogP contribution in [0.15, 0.2) is 42.9 Å². The summed E-state index contributed by atoms with van der Waals surface area (Å²) in [6.45, 7) is 2.12. The van der Waals surface area contributed by atoms with Crippen LogP contribution in [0.5, 0.6) is 0 Å². The molecule has 1 fully saturated rings. The van der Waals surface area contributed by atoms with Crippen molar-refractivity contribution < 1.29 is 0 Å². The van der Waals surface area contributed by atoms with Crippen molar-refractivity contribution in [2.24, 2.45) is 0 Å². The summed E-state index contributed by atoms with van der Waals surface area (Å²) in [6, 6.07) is 9.58. The third kappa shape index (κ3) is 2.42. The molecule has 0 N–H and O–H groups in total. The molecule has 0 aliphatic heterocycles. The number of rotatable bonds is 3. The van der Waals surface area contributed by atoms with Gasteiger partial charge in [0, 0.05) is 35.6 Å². The van der Waals surface area contributed by atoms with Crippen LogP contribution in [-0.2, 0) is 0 Å². The van der Waals surface area contributed by atoms with Crippen LogP contribution in [0.3, 0.4) is 0 Å². The molecule has 124 valence electrons. The molecule has 0 saturated heterocycles. The first-order chi connectivity index (χ1) is 11.7. The fourth-order valence-electron chi connectivity index (χ4n) is 4.15. The largest absolute Gasteiger partial charge is 0.326 e. The average Bonchev–Trinajstić information content (AvgIpc) is 3.24. The van der Waals surface area contributed by atoms with Gasteiger partial charge in [-0.2, -0.15) is 0 Å². The summed E-state index contributed by atoms with van der Waals surface area (Å²) in [4.78, 5) is 11.7. The standard InChI is InChI=1S/C20H24N4/c1-14-9-10-16(15-6-5-11-21-19(14)15)20-22-12-13-24(20)18-8-4-7-17(18)23(2)3/h5-6,9-13,17-18H,4,7-8H2,1-3H3/t17-,18-/m1/s1. The average molecular weight is 320 g/mol. The SMILES string of the molecule is Cc1ccc(-c2nccn2[C@@H]2CCC[C@H]2N(C)C)c2cccnc12. The fraction of sp³-hybridized carbons (Fsp3) is 0.400. The molecular formula is C20H24N4. The van der Waals surface area contributed by atoms with E-state index in [1.807, 2.05) is 18.5 Å². The van der Waals surface area contributed by atoms with Crippen molar-refractivity contribution in [1.82, 2.24) is 19.4 Å². The highest BCUT2D eigenvalue weighted by molar-refractivity contribution is 5.94. The molecule has 0 unspecified atom stereocenters. The lowest BCUT2D eigenvalue weighted by molar-refractivity contribution is 0.240. The molecule has 0 spiro atoms. The molecule has 4 nitrogen and oxygen atoms in total. The van der Waals surface area contributed by atoms with Crippen LogP contribution >= 0.6 is 0 Å². The van der Waals surface area contributed by atoms with Gasteiger partial charge in [-0.1, -0.05) is 18.2 Å². The molecule has 3 aromatic rings. The van der Waals surface area contributed by atoms with Crippen LogP contribution in [0.4, 0.5) is 0 Å². The molecule has 2 heterocycles. The maximum Gasteiger partial charge on any atom is 0.140 e. The van der Waals surface area contributed by atoms with Gasteiger partial charge in [-0.25, -0.2) is 4.98 Å². The molecule has 2 aromatic heterocycles. The zero-order valence-electron chi connectivity index (χ0n) is 14.6. The summed E-state index contributed by atoms with van der Waals surface area (Å²) < 4.78 is 2.38. The number of likely N-dealkylation sites (N-methyl/N-ethyl adjacent to an activating group) is 1. The van der Waals surface area contributed by atoms with Crippen molar-refractivity contribution in [1.29, 1.82) is 0 Å². The van der Waals surface area contributed by atoms with Crippen LogP contribution in [0, 0.1) is 6.92 Å². The predicted molar refractivity (Wildman–Crippen MR) is 98.1 cm³/mol. The highest BCUT2D eigenvalue weighted by Gasteiger charge is 2.31. The van der Waals surface area contributed by atoms with Gasteiger partial charge in [0.1, 0.15) is 5.82 Å². The smallest absolute Gasteiger partial charge is 0.140 e. The van der Waals surface area contributed by atoms with Gasteiger partial charge in [0.15, 0.2) is 0 Å². The van der Waals surface area contributed by atoms with Crippen LogP contribution in [0.2, 0.25) is 0 Å². The Hall–Kier alpha value is -2.20. The number of imidazole rings is 1. The summed E-state index contributed by atoms with van der Waals surface area (Å²) in [6.07, 6.45) is 9.69. The monoisotopic (exact) mass is 320 g/mol. The zero-order chi connectivity index (χ0) is 16.7. The molecule has 1 aromatic carbocycles. The van der Waals surface area contributed by atoms with Crippen molar-refractivity contribution in [3.05, 3.63) is 48.4 Å². The molecule has 1 saturated carbocycles. The maximum atomic E-state index is 4.72. The highest BCUT2D eigenvalue weighted by atomic mass is 15.2. The maximum absolute atomic E-state index is 4.72. The van der Waals surface area contributed by atoms with E-state index in [1.54, 1.807) is 0 Å². The molecule has 4 heteroatoms. The zero-order valence-corrected chi connectivity index (χ0v) is 14.6. The van der Waals surface area contributed by atoms with Crippen LogP contribution in [0.1, 0.15) is 30.9 Å². The number of hydrogen-bond donors (Lipinski definition) is 0. The minimum Gasteiger partial charge on any atom is -0.326 e. The van der Waals surface area contributed by atoms with E-state index in [9.17, 15) is 0 Å². The second-order valence-electron chi connectivity index (χ2n) is 7.02. The molecule has 1 aliphatic rings. The molecule has 0 bridgehead atoms. The van der Waals surface area contributed by atoms with E-state index in [-0.39, 0.29) is 0 Å². The number of benzene rings is 1. The minimum atomic E-state index is 0.491. The Kier molecular flexibility index (Phi) is 3.85. The molecule has 0 amide bonds. The normalized spacial score (nSPS) is 21.0. The number of aryl methyl sites for hydroxylation is 1. The van der Waals surface area contributed by atoms with Crippen molar-refractivity contribution >= 4 is 10.9 Å². The number of aromatic nitrogens is 3. The first-order valence-electron chi connectivity index (χ1n) is 8.71. The van der Waals surface area contributed by atoms with Crippen LogP contribution in [-0.4, -0.2) is 39.6 Å². The molecular weight excluding hydrogens is 296 g/mol. The van der Waals surface area contributed by atoms with E-state index in [0.717, 1.165) is 11.3 Å². The van der Waals surface area contributed by atoms with E-state index in [4.69, 9.17) is 4.98 Å². The number of fused-ring (bicyclic) bond motifs is 1. The van der Waals surface area contributed by atoms with Gasteiger partial charge < -0.3 is 9.47 Å². The summed E-state index contributed by atoms with van der Waals surface area (Å²) in [5, 5.41) is 1.18. The summed E-state index contributed by atoms with van der Waals surface area (Å²) in [7, 11) is 4.37. The summed E-state index contributed by atoms with van der Waals surface area (Å²) in [5.74, 6) is 1.06. The van der Waals surface area contributed by atoms with Gasteiger partial charge >= 0.3 is 0 Å². The lowest BCUT2D eigenvalue weighted by Crippen LogP contribution is -2.32. The fourth-order valence-corrected chi connectivity index (χ4v) is 4.15. The molecule has 1 aliphatic carbocycles. The van der Waals surface area contributed by atoms with Gasteiger partial charge in [-0.3, -0.25) is 4.98 Å². The van der Waals surface area contributed by atoms with Gasteiger partial charge in [-0.05, 0) is 51.9 Å².